The summed E-state index contributed by atoms with van der Waals surface area (Å²) in [6.07, 6.45) is 2.06. The number of aliphatic hydroxyl groups is 1. The van der Waals surface area contributed by atoms with Gasteiger partial charge in [0.15, 0.2) is 0 Å². The number of ether oxygens (including phenoxy) is 1. The Kier molecular flexibility index (Phi) is 3.83. The summed E-state index contributed by atoms with van der Waals surface area (Å²) < 4.78 is 5.27. The van der Waals surface area contributed by atoms with E-state index in [-0.39, 0.29) is 6.10 Å². The van der Waals surface area contributed by atoms with Crippen molar-refractivity contribution in [1.82, 2.24) is 5.32 Å². The lowest BCUT2D eigenvalue weighted by Crippen LogP contribution is -2.40. The molecule has 1 saturated heterocycles. The maximum absolute atomic E-state index is 8.98. The second-order valence-electron chi connectivity index (χ2n) is 3.17. The molecule has 0 aliphatic carbocycles. The molecule has 1 heterocycles. The van der Waals surface area contributed by atoms with Gasteiger partial charge < -0.3 is 15.2 Å². The third kappa shape index (κ3) is 3.70. The maximum atomic E-state index is 8.98. The van der Waals surface area contributed by atoms with Crippen LogP contribution in [0.25, 0.3) is 0 Å². The van der Waals surface area contributed by atoms with Crippen molar-refractivity contribution in [3.05, 3.63) is 0 Å². The van der Waals surface area contributed by atoms with E-state index in [9.17, 15) is 0 Å². The summed E-state index contributed by atoms with van der Waals surface area (Å²) in [5, 5.41) is 12.2. The monoisotopic (exact) mass is 159 g/mol. The third-order valence-electron chi connectivity index (χ3n) is 1.86. The maximum Gasteiger partial charge on any atom is 0.0636 e. The summed E-state index contributed by atoms with van der Waals surface area (Å²) in [6.45, 7) is 4.16. The fourth-order valence-electron chi connectivity index (χ4n) is 1.24. The van der Waals surface area contributed by atoms with Gasteiger partial charge in [0.1, 0.15) is 0 Å². The largest absolute Gasteiger partial charge is 0.392 e. The van der Waals surface area contributed by atoms with Gasteiger partial charge in [-0.05, 0) is 19.8 Å². The first-order valence-corrected chi connectivity index (χ1v) is 4.28. The SMILES string of the molecule is C[C@@H](O)CNC1CCCOC1. The Morgan fingerprint density at radius 3 is 3.09 bits per heavy atom. The number of nitrogens with one attached hydrogen (secondary N) is 1. The van der Waals surface area contributed by atoms with Gasteiger partial charge in [0.2, 0.25) is 0 Å². The predicted octanol–water partition coefficient (Wildman–Crippen LogP) is 0.136. The van der Waals surface area contributed by atoms with Crippen LogP contribution < -0.4 is 5.32 Å². The molecule has 3 nitrogen and oxygen atoms in total. The third-order valence-corrected chi connectivity index (χ3v) is 1.86. The second kappa shape index (κ2) is 4.70. The molecule has 0 bridgehead atoms. The van der Waals surface area contributed by atoms with Gasteiger partial charge in [0.25, 0.3) is 0 Å². The van der Waals surface area contributed by atoms with E-state index in [1.807, 2.05) is 0 Å². The number of hydrogen-bond donors (Lipinski definition) is 2. The Morgan fingerprint density at radius 1 is 1.73 bits per heavy atom. The first-order valence-electron chi connectivity index (χ1n) is 4.28. The van der Waals surface area contributed by atoms with Crippen LogP contribution in [-0.4, -0.2) is 37.0 Å². The topological polar surface area (TPSA) is 41.5 Å². The molecule has 1 unspecified atom stereocenters. The van der Waals surface area contributed by atoms with E-state index in [2.05, 4.69) is 5.32 Å². The van der Waals surface area contributed by atoms with Gasteiger partial charge in [0, 0.05) is 19.2 Å². The van der Waals surface area contributed by atoms with Gasteiger partial charge in [-0.15, -0.1) is 0 Å². The Labute approximate surface area is 67.7 Å². The van der Waals surface area contributed by atoms with Crippen molar-refractivity contribution in [3.63, 3.8) is 0 Å². The van der Waals surface area contributed by atoms with Gasteiger partial charge in [-0.2, -0.15) is 0 Å². The Balaban J connectivity index is 2.05. The second-order valence-corrected chi connectivity index (χ2v) is 3.17. The summed E-state index contributed by atoms with van der Waals surface area (Å²) in [7, 11) is 0. The Morgan fingerprint density at radius 2 is 2.55 bits per heavy atom. The first-order chi connectivity index (χ1) is 5.29. The lowest BCUT2D eigenvalue weighted by Gasteiger charge is -2.23. The smallest absolute Gasteiger partial charge is 0.0636 e. The predicted molar refractivity (Wildman–Crippen MR) is 43.5 cm³/mol. The van der Waals surface area contributed by atoms with E-state index in [4.69, 9.17) is 9.84 Å². The summed E-state index contributed by atoms with van der Waals surface area (Å²) >= 11 is 0. The molecule has 2 N–H and O–H groups in total. The van der Waals surface area contributed by atoms with Gasteiger partial charge in [-0.1, -0.05) is 0 Å². The molecule has 1 aliphatic rings. The highest BCUT2D eigenvalue weighted by Crippen LogP contribution is 2.05. The average molecular weight is 159 g/mol. The van der Waals surface area contributed by atoms with E-state index < -0.39 is 0 Å². The molecule has 1 rings (SSSR count). The van der Waals surface area contributed by atoms with Gasteiger partial charge in [-0.25, -0.2) is 0 Å². The minimum Gasteiger partial charge on any atom is -0.392 e. The van der Waals surface area contributed by atoms with E-state index in [1.54, 1.807) is 6.92 Å². The quantitative estimate of drug-likeness (QED) is 0.615. The molecule has 0 amide bonds. The molecule has 2 atom stereocenters. The van der Waals surface area contributed by atoms with Crippen molar-refractivity contribution >= 4 is 0 Å². The highest BCUT2D eigenvalue weighted by molar-refractivity contribution is 4.70. The van der Waals surface area contributed by atoms with Crippen LogP contribution in [0.5, 0.6) is 0 Å². The lowest BCUT2D eigenvalue weighted by molar-refractivity contribution is 0.0652. The minimum atomic E-state index is -0.253. The zero-order valence-corrected chi connectivity index (χ0v) is 7.05. The van der Waals surface area contributed by atoms with Crippen molar-refractivity contribution in [3.8, 4) is 0 Å². The molecule has 11 heavy (non-hydrogen) atoms. The summed E-state index contributed by atoms with van der Waals surface area (Å²) in [6, 6.07) is 0.457. The van der Waals surface area contributed by atoms with Crippen LogP contribution in [0.15, 0.2) is 0 Å². The van der Waals surface area contributed by atoms with E-state index >= 15 is 0 Å². The summed E-state index contributed by atoms with van der Waals surface area (Å²) in [5.74, 6) is 0. The van der Waals surface area contributed by atoms with Crippen molar-refractivity contribution in [2.45, 2.75) is 31.9 Å². The zero-order valence-electron chi connectivity index (χ0n) is 7.05. The van der Waals surface area contributed by atoms with Crippen LogP contribution in [0, 0.1) is 0 Å². The van der Waals surface area contributed by atoms with Crippen molar-refractivity contribution in [1.29, 1.82) is 0 Å². The molecule has 0 aromatic carbocycles. The molecular formula is C8H17NO2. The molecule has 1 aliphatic heterocycles. The van der Waals surface area contributed by atoms with E-state index in [0.717, 1.165) is 19.6 Å². The number of aliphatic hydroxyl groups excluding tert-OH is 1. The van der Waals surface area contributed by atoms with Crippen molar-refractivity contribution in [2.75, 3.05) is 19.8 Å². The molecule has 0 aromatic rings. The zero-order chi connectivity index (χ0) is 8.10. The van der Waals surface area contributed by atoms with Gasteiger partial charge in [0.05, 0.1) is 12.7 Å². The van der Waals surface area contributed by atoms with Crippen LogP contribution >= 0.6 is 0 Å². The Hall–Kier alpha value is -0.120. The molecule has 0 spiro atoms. The summed E-state index contributed by atoms with van der Waals surface area (Å²) in [4.78, 5) is 0. The molecule has 0 radical (unpaired) electrons. The highest BCUT2D eigenvalue weighted by Gasteiger charge is 2.12. The average Bonchev–Trinajstić information content (AvgIpc) is 2.03. The minimum absolute atomic E-state index is 0.253. The van der Waals surface area contributed by atoms with Crippen LogP contribution in [0.1, 0.15) is 19.8 Å². The van der Waals surface area contributed by atoms with Gasteiger partial charge in [-0.3, -0.25) is 0 Å². The molecule has 0 saturated carbocycles. The molecule has 3 heteroatoms. The fourth-order valence-corrected chi connectivity index (χ4v) is 1.24. The van der Waals surface area contributed by atoms with Crippen molar-refractivity contribution in [2.24, 2.45) is 0 Å². The molecular weight excluding hydrogens is 142 g/mol. The molecule has 66 valence electrons. The lowest BCUT2D eigenvalue weighted by atomic mass is 10.1. The van der Waals surface area contributed by atoms with Gasteiger partial charge >= 0.3 is 0 Å². The fraction of sp³-hybridized carbons (Fsp3) is 1.00. The molecule has 1 fully saturated rings. The number of rotatable bonds is 3. The standard InChI is InChI=1S/C8H17NO2/c1-7(10)5-9-8-3-2-4-11-6-8/h7-10H,2-6H2,1H3/t7-,8?/m1/s1. The van der Waals surface area contributed by atoms with Crippen LogP contribution in [-0.2, 0) is 4.74 Å². The van der Waals surface area contributed by atoms with Crippen LogP contribution in [0.2, 0.25) is 0 Å². The Bertz CT molecular complexity index is 100. The van der Waals surface area contributed by atoms with Crippen LogP contribution in [0.3, 0.4) is 0 Å². The van der Waals surface area contributed by atoms with Crippen molar-refractivity contribution < 1.29 is 9.84 Å². The first kappa shape index (κ1) is 8.97. The van der Waals surface area contributed by atoms with Crippen LogP contribution in [0.4, 0.5) is 0 Å². The summed E-state index contributed by atoms with van der Waals surface area (Å²) in [5.41, 5.74) is 0. The van der Waals surface area contributed by atoms with E-state index in [0.29, 0.717) is 12.6 Å². The highest BCUT2D eigenvalue weighted by atomic mass is 16.5. The number of hydrogen-bond acceptors (Lipinski definition) is 3. The molecule has 0 aromatic heterocycles. The van der Waals surface area contributed by atoms with E-state index in [1.165, 1.54) is 6.42 Å². The normalized spacial score (nSPS) is 28.4.